The number of nitrogens with one attached hydrogen (secondary N) is 2. The van der Waals surface area contributed by atoms with Gasteiger partial charge in [-0.05, 0) is 43.9 Å². The minimum Gasteiger partial charge on any atom is -0.356 e. The molecule has 0 amide bonds. The van der Waals surface area contributed by atoms with Crippen LogP contribution in [0, 0.1) is 11.8 Å². The molecule has 3 rings (SSSR count). The van der Waals surface area contributed by atoms with Gasteiger partial charge in [0.2, 0.25) is 0 Å². The zero-order valence-corrected chi connectivity index (χ0v) is 17.1. The fourth-order valence-electron chi connectivity index (χ4n) is 4.07. The number of halogens is 1. The molecule has 2 aliphatic carbocycles. The molecule has 1 atom stereocenters. The SMILES string of the molecule is CN=C(NCCCC1CC1)NC1CCN(CC2CCCC2)C1.I. The maximum Gasteiger partial charge on any atom is 0.191 e. The Balaban J connectivity index is 0.00000192. The summed E-state index contributed by atoms with van der Waals surface area (Å²) in [6, 6.07) is 0.580. The van der Waals surface area contributed by atoms with E-state index in [1.165, 1.54) is 77.4 Å². The second-order valence-corrected chi connectivity index (χ2v) is 7.62. The zero-order valence-electron chi connectivity index (χ0n) is 14.7. The zero-order chi connectivity index (χ0) is 15.2. The summed E-state index contributed by atoms with van der Waals surface area (Å²) in [5.74, 6) is 3.01. The Morgan fingerprint density at radius 1 is 1.09 bits per heavy atom. The third kappa shape index (κ3) is 6.77. The Morgan fingerprint density at radius 2 is 1.87 bits per heavy atom. The maximum absolute atomic E-state index is 4.39. The van der Waals surface area contributed by atoms with Gasteiger partial charge in [0.15, 0.2) is 5.96 Å². The van der Waals surface area contributed by atoms with Crippen molar-refractivity contribution in [3.8, 4) is 0 Å². The first kappa shape index (κ1) is 19.3. The van der Waals surface area contributed by atoms with Crippen LogP contribution in [0.1, 0.15) is 57.8 Å². The van der Waals surface area contributed by atoms with Gasteiger partial charge in [0.25, 0.3) is 0 Å². The van der Waals surface area contributed by atoms with Crippen molar-refractivity contribution in [3.63, 3.8) is 0 Å². The Kier molecular flexibility index (Phi) is 8.44. The van der Waals surface area contributed by atoms with Crippen LogP contribution in [0.2, 0.25) is 0 Å². The molecule has 0 radical (unpaired) electrons. The van der Waals surface area contributed by atoms with Gasteiger partial charge in [0.1, 0.15) is 0 Å². The third-order valence-electron chi connectivity index (χ3n) is 5.61. The fourth-order valence-corrected chi connectivity index (χ4v) is 4.07. The predicted molar refractivity (Wildman–Crippen MR) is 109 cm³/mol. The molecule has 4 nitrogen and oxygen atoms in total. The number of rotatable bonds is 7. The van der Waals surface area contributed by atoms with Crippen molar-refractivity contribution < 1.29 is 0 Å². The summed E-state index contributed by atoms with van der Waals surface area (Å²) in [5, 5.41) is 7.11. The smallest absolute Gasteiger partial charge is 0.191 e. The first-order chi connectivity index (χ1) is 10.8. The maximum atomic E-state index is 4.39. The molecule has 1 saturated heterocycles. The molecule has 23 heavy (non-hydrogen) atoms. The molecule has 5 heteroatoms. The van der Waals surface area contributed by atoms with Crippen LogP contribution in [0.4, 0.5) is 0 Å². The highest BCUT2D eigenvalue weighted by atomic mass is 127. The molecular formula is C18H35IN4. The van der Waals surface area contributed by atoms with Crippen molar-refractivity contribution in [2.75, 3.05) is 33.2 Å². The summed E-state index contributed by atoms with van der Waals surface area (Å²) >= 11 is 0. The van der Waals surface area contributed by atoms with Gasteiger partial charge in [0.05, 0.1) is 0 Å². The van der Waals surface area contributed by atoms with Crippen LogP contribution in [0.15, 0.2) is 4.99 Å². The lowest BCUT2D eigenvalue weighted by atomic mass is 10.1. The monoisotopic (exact) mass is 434 g/mol. The minimum absolute atomic E-state index is 0. The van der Waals surface area contributed by atoms with Gasteiger partial charge in [-0.25, -0.2) is 0 Å². The summed E-state index contributed by atoms with van der Waals surface area (Å²) in [4.78, 5) is 7.05. The Labute approximate surface area is 159 Å². The molecule has 3 aliphatic rings. The van der Waals surface area contributed by atoms with Gasteiger partial charge < -0.3 is 15.5 Å². The third-order valence-corrected chi connectivity index (χ3v) is 5.61. The number of aliphatic imine (C=N–C) groups is 1. The average molecular weight is 434 g/mol. The van der Waals surface area contributed by atoms with Crippen molar-refractivity contribution >= 4 is 29.9 Å². The first-order valence-electron chi connectivity index (χ1n) is 9.53. The number of likely N-dealkylation sites (tertiary alicyclic amines) is 1. The van der Waals surface area contributed by atoms with Crippen LogP contribution in [-0.2, 0) is 0 Å². The number of hydrogen-bond acceptors (Lipinski definition) is 2. The number of guanidine groups is 1. The summed E-state index contributed by atoms with van der Waals surface area (Å²) in [6.07, 6.45) is 12.7. The molecule has 3 fully saturated rings. The van der Waals surface area contributed by atoms with Crippen molar-refractivity contribution in [2.24, 2.45) is 16.8 Å². The largest absolute Gasteiger partial charge is 0.356 e. The molecule has 0 bridgehead atoms. The van der Waals surface area contributed by atoms with Crippen LogP contribution >= 0.6 is 24.0 Å². The molecule has 0 aromatic heterocycles. The summed E-state index contributed by atoms with van der Waals surface area (Å²) < 4.78 is 0. The van der Waals surface area contributed by atoms with E-state index in [4.69, 9.17) is 0 Å². The molecule has 0 aromatic carbocycles. The lowest BCUT2D eigenvalue weighted by Crippen LogP contribution is -2.45. The molecule has 134 valence electrons. The Morgan fingerprint density at radius 3 is 2.57 bits per heavy atom. The highest BCUT2D eigenvalue weighted by Gasteiger charge is 2.26. The molecule has 1 heterocycles. The van der Waals surface area contributed by atoms with E-state index in [0.717, 1.165) is 24.3 Å². The quantitative estimate of drug-likeness (QED) is 0.280. The molecular weight excluding hydrogens is 399 g/mol. The van der Waals surface area contributed by atoms with E-state index in [-0.39, 0.29) is 24.0 Å². The molecule has 0 spiro atoms. The highest BCUT2D eigenvalue weighted by Crippen LogP contribution is 2.33. The number of hydrogen-bond donors (Lipinski definition) is 2. The highest BCUT2D eigenvalue weighted by molar-refractivity contribution is 14.0. The van der Waals surface area contributed by atoms with Crippen LogP contribution in [0.25, 0.3) is 0 Å². The van der Waals surface area contributed by atoms with Gasteiger partial charge >= 0.3 is 0 Å². The van der Waals surface area contributed by atoms with Gasteiger partial charge in [0, 0.05) is 39.3 Å². The van der Waals surface area contributed by atoms with Crippen molar-refractivity contribution in [3.05, 3.63) is 0 Å². The van der Waals surface area contributed by atoms with Gasteiger partial charge in [-0.2, -0.15) is 0 Å². The van der Waals surface area contributed by atoms with Crippen LogP contribution in [-0.4, -0.2) is 50.1 Å². The number of nitrogens with zero attached hydrogens (tertiary/aromatic N) is 2. The van der Waals surface area contributed by atoms with Crippen molar-refractivity contribution in [1.29, 1.82) is 0 Å². The van der Waals surface area contributed by atoms with Gasteiger partial charge in [-0.3, -0.25) is 4.99 Å². The van der Waals surface area contributed by atoms with Crippen molar-refractivity contribution in [1.82, 2.24) is 15.5 Å². The van der Waals surface area contributed by atoms with E-state index < -0.39 is 0 Å². The predicted octanol–water partition coefficient (Wildman–Crippen LogP) is 3.22. The van der Waals surface area contributed by atoms with E-state index in [2.05, 4.69) is 20.5 Å². The minimum atomic E-state index is 0. The van der Waals surface area contributed by atoms with Crippen molar-refractivity contribution in [2.45, 2.75) is 63.8 Å². The molecule has 2 N–H and O–H groups in total. The lowest BCUT2D eigenvalue weighted by molar-refractivity contribution is 0.275. The second-order valence-electron chi connectivity index (χ2n) is 7.62. The molecule has 1 aliphatic heterocycles. The molecule has 2 saturated carbocycles. The average Bonchev–Trinajstić information content (AvgIpc) is 3.02. The standard InChI is InChI=1S/C18H34N4.HI/c1-19-18(20-11-4-7-15-8-9-15)21-17-10-12-22(14-17)13-16-5-2-3-6-16;/h15-17H,2-14H2,1H3,(H2,19,20,21);1H. The summed E-state index contributed by atoms with van der Waals surface area (Å²) in [7, 11) is 1.89. The molecule has 1 unspecified atom stereocenters. The topological polar surface area (TPSA) is 39.7 Å². The lowest BCUT2D eigenvalue weighted by Gasteiger charge is -2.21. The Hall–Kier alpha value is -0.0400. The van der Waals surface area contributed by atoms with E-state index in [1.54, 1.807) is 0 Å². The van der Waals surface area contributed by atoms with Crippen LogP contribution in [0.3, 0.4) is 0 Å². The van der Waals surface area contributed by atoms with E-state index in [1.807, 2.05) is 7.05 Å². The van der Waals surface area contributed by atoms with E-state index >= 15 is 0 Å². The van der Waals surface area contributed by atoms with E-state index in [9.17, 15) is 0 Å². The van der Waals surface area contributed by atoms with E-state index in [0.29, 0.717) is 6.04 Å². The Bertz CT molecular complexity index is 364. The second kappa shape index (κ2) is 10.1. The summed E-state index contributed by atoms with van der Waals surface area (Å²) in [6.45, 7) is 4.84. The van der Waals surface area contributed by atoms with Gasteiger partial charge in [-0.15, -0.1) is 24.0 Å². The summed E-state index contributed by atoms with van der Waals surface area (Å²) in [5.41, 5.74) is 0. The molecule has 0 aromatic rings. The first-order valence-corrected chi connectivity index (χ1v) is 9.53. The fraction of sp³-hybridized carbons (Fsp3) is 0.944. The van der Waals surface area contributed by atoms with Crippen LogP contribution < -0.4 is 10.6 Å². The normalized spacial score (nSPS) is 26.3. The van der Waals surface area contributed by atoms with Gasteiger partial charge in [-0.1, -0.05) is 25.7 Å². The van der Waals surface area contributed by atoms with Crippen LogP contribution in [0.5, 0.6) is 0 Å².